The second-order valence-corrected chi connectivity index (χ2v) is 1.86. The zero-order chi connectivity index (χ0) is 8.41. The molecule has 0 fully saturated rings. The Bertz CT molecular complexity index is 155. The quantitative estimate of drug-likeness (QED) is 0.562. The number of hydrogen-bond acceptors (Lipinski definition) is 1. The summed E-state index contributed by atoms with van der Waals surface area (Å²) in [6.45, 7) is 1.17. The zero-order valence-electron chi connectivity index (χ0n) is 5.37. The number of rotatable bonds is 1. The smallest absolute Gasteiger partial charge is 0.370 e. The molecule has 1 nitrogen and oxygen atoms in total. The fraction of sp³-hybridized carbons (Fsp3) is 0.667. The van der Waals surface area contributed by atoms with Crippen LogP contribution < -0.4 is 0 Å². The van der Waals surface area contributed by atoms with Crippen molar-refractivity contribution in [2.45, 2.75) is 25.1 Å². The summed E-state index contributed by atoms with van der Waals surface area (Å²) in [5, 5.41) is 8.60. The molecule has 0 saturated carbocycles. The Morgan fingerprint density at radius 2 is 1.90 bits per heavy atom. The van der Waals surface area contributed by atoms with Crippen LogP contribution in [0.25, 0.3) is 0 Å². The SMILES string of the molecule is C#CC(O)(CC)C(F)(F)F. The van der Waals surface area contributed by atoms with Crippen LogP contribution in [0.15, 0.2) is 0 Å². The van der Waals surface area contributed by atoms with Crippen LogP contribution >= 0.6 is 0 Å². The number of terminal acetylenes is 1. The summed E-state index contributed by atoms with van der Waals surface area (Å²) in [7, 11) is 0. The van der Waals surface area contributed by atoms with E-state index in [1.807, 2.05) is 0 Å². The molecule has 0 aromatic rings. The third-order valence-corrected chi connectivity index (χ3v) is 1.22. The molecule has 0 amide bonds. The molecule has 0 saturated heterocycles. The van der Waals surface area contributed by atoms with Gasteiger partial charge in [-0.25, -0.2) is 0 Å². The molecular weight excluding hydrogens is 145 g/mol. The lowest BCUT2D eigenvalue weighted by molar-refractivity contribution is -0.236. The van der Waals surface area contributed by atoms with Gasteiger partial charge in [0.2, 0.25) is 5.60 Å². The van der Waals surface area contributed by atoms with Crippen LogP contribution in [-0.2, 0) is 0 Å². The summed E-state index contributed by atoms with van der Waals surface area (Å²) in [6, 6.07) is 0. The highest BCUT2D eigenvalue weighted by Gasteiger charge is 2.51. The van der Waals surface area contributed by atoms with Gasteiger partial charge in [0, 0.05) is 0 Å². The lowest BCUT2D eigenvalue weighted by Gasteiger charge is -2.22. The van der Waals surface area contributed by atoms with Gasteiger partial charge in [-0.05, 0) is 6.42 Å². The third-order valence-electron chi connectivity index (χ3n) is 1.22. The van der Waals surface area contributed by atoms with Crippen molar-refractivity contribution < 1.29 is 18.3 Å². The minimum absolute atomic E-state index is 0.521. The van der Waals surface area contributed by atoms with E-state index in [4.69, 9.17) is 5.11 Å². The minimum Gasteiger partial charge on any atom is -0.370 e. The summed E-state index contributed by atoms with van der Waals surface area (Å²) >= 11 is 0. The van der Waals surface area contributed by atoms with Crippen molar-refractivity contribution >= 4 is 0 Å². The fourth-order valence-electron chi connectivity index (χ4n) is 0.384. The van der Waals surface area contributed by atoms with Gasteiger partial charge in [-0.2, -0.15) is 13.2 Å². The van der Waals surface area contributed by atoms with E-state index in [0.717, 1.165) is 0 Å². The predicted octanol–water partition coefficient (Wildman–Crippen LogP) is 1.32. The van der Waals surface area contributed by atoms with E-state index in [1.165, 1.54) is 12.8 Å². The fourth-order valence-corrected chi connectivity index (χ4v) is 0.384. The van der Waals surface area contributed by atoms with Crippen molar-refractivity contribution in [2.24, 2.45) is 0 Å². The van der Waals surface area contributed by atoms with Gasteiger partial charge in [0.1, 0.15) is 0 Å². The molecule has 1 N–H and O–H groups in total. The normalized spacial score (nSPS) is 17.6. The zero-order valence-corrected chi connectivity index (χ0v) is 5.37. The molecule has 0 radical (unpaired) electrons. The maximum absolute atomic E-state index is 11.7. The maximum Gasteiger partial charge on any atom is 0.428 e. The van der Waals surface area contributed by atoms with Crippen molar-refractivity contribution in [1.29, 1.82) is 0 Å². The van der Waals surface area contributed by atoms with Crippen molar-refractivity contribution in [2.75, 3.05) is 0 Å². The summed E-state index contributed by atoms with van der Waals surface area (Å²) in [5.41, 5.74) is -2.95. The Morgan fingerprint density at radius 1 is 1.50 bits per heavy atom. The highest BCUT2D eigenvalue weighted by atomic mass is 19.4. The second kappa shape index (κ2) is 2.51. The van der Waals surface area contributed by atoms with Crippen LogP contribution in [0.5, 0.6) is 0 Å². The Morgan fingerprint density at radius 3 is 1.90 bits per heavy atom. The highest BCUT2D eigenvalue weighted by molar-refractivity contribution is 5.10. The van der Waals surface area contributed by atoms with Gasteiger partial charge in [0.25, 0.3) is 0 Å². The molecule has 0 rings (SSSR count). The molecule has 0 aliphatic heterocycles. The van der Waals surface area contributed by atoms with Gasteiger partial charge in [0.15, 0.2) is 0 Å². The van der Waals surface area contributed by atoms with E-state index in [1.54, 1.807) is 0 Å². The Hall–Kier alpha value is -0.690. The van der Waals surface area contributed by atoms with Crippen LogP contribution in [0.2, 0.25) is 0 Å². The van der Waals surface area contributed by atoms with E-state index in [9.17, 15) is 13.2 Å². The molecule has 0 aromatic carbocycles. The van der Waals surface area contributed by atoms with Crippen LogP contribution in [0.4, 0.5) is 13.2 Å². The summed E-state index contributed by atoms with van der Waals surface area (Å²) in [4.78, 5) is 0. The summed E-state index contributed by atoms with van der Waals surface area (Å²) < 4.78 is 35.1. The molecule has 0 bridgehead atoms. The van der Waals surface area contributed by atoms with Crippen molar-refractivity contribution in [1.82, 2.24) is 0 Å². The molecule has 0 aromatic heterocycles. The van der Waals surface area contributed by atoms with Gasteiger partial charge in [-0.3, -0.25) is 0 Å². The third kappa shape index (κ3) is 1.42. The maximum atomic E-state index is 11.7. The standard InChI is InChI=1S/C6H7F3O/c1-3-5(10,4-2)6(7,8)9/h1,10H,4H2,2H3. The molecule has 1 unspecified atom stereocenters. The van der Waals surface area contributed by atoms with Gasteiger partial charge in [-0.1, -0.05) is 12.8 Å². The molecule has 1 atom stereocenters. The van der Waals surface area contributed by atoms with Crippen molar-refractivity contribution in [3.05, 3.63) is 0 Å². The summed E-state index contributed by atoms with van der Waals surface area (Å²) in [6.07, 6.45) is -0.763. The second-order valence-electron chi connectivity index (χ2n) is 1.86. The minimum atomic E-state index is -4.73. The first kappa shape index (κ1) is 9.31. The van der Waals surface area contributed by atoms with E-state index < -0.39 is 18.2 Å². The number of hydrogen-bond donors (Lipinski definition) is 1. The number of alkyl halides is 3. The van der Waals surface area contributed by atoms with Crippen molar-refractivity contribution in [3.63, 3.8) is 0 Å². The average Bonchev–Trinajstić information content (AvgIpc) is 1.84. The van der Waals surface area contributed by atoms with Crippen molar-refractivity contribution in [3.8, 4) is 12.3 Å². The predicted molar refractivity (Wildman–Crippen MR) is 30.1 cm³/mol. The molecule has 0 spiro atoms. The van der Waals surface area contributed by atoms with Gasteiger partial charge >= 0.3 is 6.18 Å². The highest BCUT2D eigenvalue weighted by Crippen LogP contribution is 2.31. The van der Waals surface area contributed by atoms with Crippen LogP contribution in [0.3, 0.4) is 0 Å². The molecule has 0 aliphatic carbocycles. The van der Waals surface area contributed by atoms with Crippen LogP contribution in [0, 0.1) is 12.3 Å². The molecule has 4 heteroatoms. The summed E-state index contributed by atoms with van der Waals surface area (Å²) in [5.74, 6) is 1.30. The van der Waals surface area contributed by atoms with Crippen LogP contribution in [-0.4, -0.2) is 16.9 Å². The lowest BCUT2D eigenvalue weighted by Crippen LogP contribution is -2.42. The first-order chi connectivity index (χ1) is 4.37. The molecular formula is C6H7F3O. The van der Waals surface area contributed by atoms with Crippen LogP contribution in [0.1, 0.15) is 13.3 Å². The van der Waals surface area contributed by atoms with E-state index in [-0.39, 0.29) is 0 Å². The number of halogens is 3. The van der Waals surface area contributed by atoms with Gasteiger partial charge in [0.05, 0.1) is 0 Å². The lowest BCUT2D eigenvalue weighted by atomic mass is 10.0. The Balaban J connectivity index is 4.54. The topological polar surface area (TPSA) is 20.2 Å². The molecule has 58 valence electrons. The largest absolute Gasteiger partial charge is 0.428 e. The van der Waals surface area contributed by atoms with Gasteiger partial charge < -0.3 is 5.11 Å². The monoisotopic (exact) mass is 152 g/mol. The number of aliphatic hydroxyl groups is 1. The Labute approximate surface area is 56.9 Å². The molecule has 0 aliphatic rings. The van der Waals surface area contributed by atoms with E-state index in [0.29, 0.717) is 0 Å². The first-order valence-electron chi connectivity index (χ1n) is 2.64. The average molecular weight is 152 g/mol. The Kier molecular flexibility index (Phi) is 2.33. The van der Waals surface area contributed by atoms with E-state index in [2.05, 4.69) is 6.42 Å². The molecule has 0 heterocycles. The first-order valence-corrected chi connectivity index (χ1v) is 2.64. The molecule has 10 heavy (non-hydrogen) atoms. The van der Waals surface area contributed by atoms with Gasteiger partial charge in [-0.15, -0.1) is 6.42 Å². The van der Waals surface area contributed by atoms with E-state index >= 15 is 0 Å².